The lowest BCUT2D eigenvalue weighted by molar-refractivity contribution is -0.139. The van der Waals surface area contributed by atoms with Gasteiger partial charge in [0.15, 0.2) is 0 Å². The molecule has 0 bridgehead atoms. The average molecular weight is 443 g/mol. The molecule has 0 heterocycles. The highest BCUT2D eigenvalue weighted by molar-refractivity contribution is 6.76. The van der Waals surface area contributed by atoms with Crippen molar-refractivity contribution < 1.29 is 13.6 Å². The second kappa shape index (κ2) is 15.6. The van der Waals surface area contributed by atoms with E-state index in [0.29, 0.717) is 15.3 Å². The Bertz CT molecular complexity index is 409. The van der Waals surface area contributed by atoms with Crippen molar-refractivity contribution >= 4 is 24.0 Å². The highest BCUT2D eigenvalue weighted by Gasteiger charge is 2.43. The van der Waals surface area contributed by atoms with Gasteiger partial charge >= 0.3 is 0 Å². The summed E-state index contributed by atoms with van der Waals surface area (Å²) >= 11 is 0. The molecule has 0 N–H and O–H groups in total. The first-order valence-corrected chi connectivity index (χ1v) is 15.8. The van der Waals surface area contributed by atoms with Crippen LogP contribution >= 0.6 is 0 Å². The zero-order chi connectivity index (χ0) is 22.3. The molecule has 0 saturated heterocycles. The van der Waals surface area contributed by atoms with E-state index in [-0.39, 0.29) is 17.5 Å². The van der Waals surface area contributed by atoms with E-state index in [4.69, 9.17) is 8.85 Å². The largest absolute Gasteiger partial charge is 0.519 e. The highest BCUT2D eigenvalue weighted by Crippen LogP contribution is 2.37. The molecule has 172 valence electrons. The van der Waals surface area contributed by atoms with Crippen LogP contribution in [0.4, 0.5) is 0 Å². The van der Waals surface area contributed by atoms with Crippen LogP contribution in [0, 0.1) is 5.92 Å². The summed E-state index contributed by atoms with van der Waals surface area (Å²) in [5.41, 5.74) is 0.394. The van der Waals surface area contributed by atoms with Crippen molar-refractivity contribution in [1.82, 2.24) is 0 Å². The molecule has 0 amide bonds. The van der Waals surface area contributed by atoms with E-state index in [2.05, 4.69) is 48.5 Å². The Balaban J connectivity index is 5.11. The van der Waals surface area contributed by atoms with Gasteiger partial charge in [-0.1, -0.05) is 92.4 Å². The van der Waals surface area contributed by atoms with E-state index in [1.54, 1.807) is 0 Å². The Morgan fingerprint density at radius 3 is 1.83 bits per heavy atom. The normalized spacial score (nSPS) is 14.6. The van der Waals surface area contributed by atoms with Gasteiger partial charge in [-0.05, 0) is 44.4 Å². The molecule has 2 radical (unpaired) electrons. The van der Waals surface area contributed by atoms with E-state index in [1.165, 1.54) is 51.4 Å². The Hall–Kier alpha value is -0.136. The van der Waals surface area contributed by atoms with Gasteiger partial charge in [0.05, 0.1) is 5.92 Å². The van der Waals surface area contributed by atoms with Crippen LogP contribution in [0.3, 0.4) is 0 Å². The van der Waals surface area contributed by atoms with Crippen molar-refractivity contribution in [2.24, 2.45) is 5.92 Å². The smallest absolute Gasteiger partial charge is 0.295 e. The van der Waals surface area contributed by atoms with Crippen LogP contribution in [0.2, 0.25) is 23.7 Å². The number of rotatable bonds is 17. The van der Waals surface area contributed by atoms with Crippen LogP contribution < -0.4 is 0 Å². The molecule has 0 aromatic carbocycles. The minimum atomic E-state index is -2.09. The van der Waals surface area contributed by atoms with Crippen LogP contribution in [0.5, 0.6) is 0 Å². The quantitative estimate of drug-likeness (QED) is 0.169. The van der Waals surface area contributed by atoms with Gasteiger partial charge in [-0.25, -0.2) is 0 Å². The van der Waals surface area contributed by atoms with Crippen molar-refractivity contribution in [3.8, 4) is 0 Å². The second-order valence-corrected chi connectivity index (χ2v) is 15.1. The summed E-state index contributed by atoms with van der Waals surface area (Å²) in [4.78, 5) is 13.1. The monoisotopic (exact) mass is 442 g/mol. The van der Waals surface area contributed by atoms with Crippen molar-refractivity contribution in [3.63, 3.8) is 0 Å². The Kier molecular flexibility index (Phi) is 15.6. The molecule has 2 atom stereocenters. The Morgan fingerprint density at radius 1 is 0.897 bits per heavy atom. The second-order valence-electron chi connectivity index (χ2n) is 9.88. The molecule has 0 aliphatic rings. The summed E-state index contributed by atoms with van der Waals surface area (Å²) in [6.45, 7) is 17.3. The lowest BCUT2D eigenvalue weighted by atomic mass is 10.2. The maximum atomic E-state index is 13.1. The molecule has 0 aliphatic carbocycles. The van der Waals surface area contributed by atoms with Crippen LogP contribution in [0.15, 0.2) is 0 Å². The molecule has 29 heavy (non-hydrogen) atoms. The van der Waals surface area contributed by atoms with Gasteiger partial charge in [0.2, 0.25) is 9.76 Å². The number of carbonyl (C=O) groups is 1. The van der Waals surface area contributed by atoms with Gasteiger partial charge in [0.1, 0.15) is 0 Å². The molecule has 0 fully saturated rings. The molecule has 0 aliphatic heterocycles. The minimum absolute atomic E-state index is 0.0351. The summed E-state index contributed by atoms with van der Waals surface area (Å²) < 4.78 is 12.4. The zero-order valence-electron chi connectivity index (χ0n) is 20.9. The van der Waals surface area contributed by atoms with Gasteiger partial charge in [-0.2, -0.15) is 0 Å². The van der Waals surface area contributed by atoms with Gasteiger partial charge < -0.3 is 8.85 Å². The van der Waals surface area contributed by atoms with Gasteiger partial charge in [0.25, 0.3) is 14.3 Å². The van der Waals surface area contributed by atoms with Crippen molar-refractivity contribution in [2.75, 3.05) is 0 Å². The fraction of sp³-hybridized carbons (Fsp3) is 0.958. The van der Waals surface area contributed by atoms with E-state index < -0.39 is 8.32 Å². The molecular formula is C24H50O3Si2. The maximum absolute atomic E-state index is 13.1. The molecule has 5 heteroatoms. The third-order valence-corrected chi connectivity index (χ3v) is 12.6. The SMILES string of the molecule is CCCCCC[Si](CCCCCC)(OC(=O)C(C)C[Si]OC(C)(C)C)C(C)CC. The fourth-order valence-electron chi connectivity index (χ4n) is 3.66. The maximum Gasteiger partial charge on any atom is 0.295 e. The fourth-order valence-corrected chi connectivity index (χ4v) is 9.28. The molecule has 2 unspecified atom stereocenters. The first kappa shape index (κ1) is 28.9. The standard InChI is InChI=1S/C24H50O3Si2/c1-9-12-14-16-18-29(22(5)11-3,19-17-15-13-10-2)26-23(25)21(4)20-28-27-24(6,7)8/h21-22H,9-20H2,1-8H3. The molecule has 3 nitrogen and oxygen atoms in total. The molecule has 0 spiro atoms. The Labute approximate surface area is 186 Å². The summed E-state index contributed by atoms with van der Waals surface area (Å²) in [6, 6.07) is 3.06. The number of hydrogen-bond donors (Lipinski definition) is 0. The first-order valence-electron chi connectivity index (χ1n) is 12.3. The first-order chi connectivity index (χ1) is 13.6. The van der Waals surface area contributed by atoms with Crippen molar-refractivity contribution in [1.29, 1.82) is 0 Å². The minimum Gasteiger partial charge on any atom is -0.519 e. The predicted octanol–water partition coefficient (Wildman–Crippen LogP) is 7.92. The highest BCUT2D eigenvalue weighted by atomic mass is 28.4. The van der Waals surface area contributed by atoms with E-state index >= 15 is 0 Å². The lowest BCUT2D eigenvalue weighted by Crippen LogP contribution is -2.45. The number of unbranched alkanes of at least 4 members (excludes halogenated alkanes) is 6. The van der Waals surface area contributed by atoms with Crippen LogP contribution in [-0.4, -0.2) is 29.7 Å². The molecule has 0 aromatic heterocycles. The summed E-state index contributed by atoms with van der Waals surface area (Å²) in [5.74, 6) is -0.0362. The molecule has 0 saturated carbocycles. The van der Waals surface area contributed by atoms with Gasteiger partial charge in [0, 0.05) is 5.60 Å². The van der Waals surface area contributed by atoms with Crippen LogP contribution in [-0.2, 0) is 13.6 Å². The third kappa shape index (κ3) is 13.0. The van der Waals surface area contributed by atoms with Gasteiger partial charge in [-0.15, -0.1) is 0 Å². The van der Waals surface area contributed by atoms with Crippen molar-refractivity contribution in [3.05, 3.63) is 0 Å². The number of hydrogen-bond acceptors (Lipinski definition) is 3. The summed E-state index contributed by atoms with van der Waals surface area (Å²) in [6.07, 6.45) is 11.2. The molecule has 0 aromatic rings. The summed E-state index contributed by atoms with van der Waals surface area (Å²) in [5, 5.41) is 0. The third-order valence-electron chi connectivity index (χ3n) is 5.89. The number of carbonyl (C=O) groups excluding carboxylic acids is 1. The van der Waals surface area contributed by atoms with Crippen molar-refractivity contribution in [2.45, 2.75) is 142 Å². The molecular weight excluding hydrogens is 392 g/mol. The van der Waals surface area contributed by atoms with Crippen LogP contribution in [0.25, 0.3) is 0 Å². The van der Waals surface area contributed by atoms with Gasteiger partial charge in [-0.3, -0.25) is 4.79 Å². The predicted molar refractivity (Wildman–Crippen MR) is 130 cm³/mol. The lowest BCUT2D eigenvalue weighted by Gasteiger charge is -2.37. The topological polar surface area (TPSA) is 35.5 Å². The average Bonchev–Trinajstić information content (AvgIpc) is 2.66. The van der Waals surface area contributed by atoms with Crippen LogP contribution in [0.1, 0.15) is 113 Å². The molecule has 0 rings (SSSR count). The summed E-state index contributed by atoms with van der Waals surface area (Å²) in [7, 11) is -1.73. The van der Waals surface area contributed by atoms with E-state index in [1.807, 2.05) is 6.92 Å². The zero-order valence-corrected chi connectivity index (χ0v) is 22.9. The Morgan fingerprint density at radius 2 is 1.41 bits per heavy atom. The van der Waals surface area contributed by atoms with E-state index in [9.17, 15) is 4.79 Å². The van der Waals surface area contributed by atoms with E-state index in [0.717, 1.165) is 24.6 Å².